The summed E-state index contributed by atoms with van der Waals surface area (Å²) in [7, 11) is 0. The van der Waals surface area contributed by atoms with Crippen molar-refractivity contribution in [3.05, 3.63) is 236 Å². The lowest BCUT2D eigenvalue weighted by molar-refractivity contribution is 0.660. The maximum atomic E-state index is 5.23. The summed E-state index contributed by atoms with van der Waals surface area (Å²) in [5.41, 5.74) is 19.4. The third kappa shape index (κ3) is 7.14. The molecule has 1 heterocycles. The average molecular weight is 806 g/mol. The molecule has 298 valence electrons. The van der Waals surface area contributed by atoms with Crippen LogP contribution in [-0.4, -0.2) is 15.0 Å². The number of fused-ring (bicyclic) bond motifs is 3. The molecule has 0 radical (unpaired) electrons. The fourth-order valence-corrected chi connectivity index (χ4v) is 9.22. The fourth-order valence-electron chi connectivity index (χ4n) is 9.22. The average Bonchev–Trinajstić information content (AvgIpc) is 3.59. The van der Waals surface area contributed by atoms with Crippen molar-refractivity contribution in [2.45, 2.75) is 19.3 Å². The van der Waals surface area contributed by atoms with Gasteiger partial charge in [-0.15, -0.1) is 0 Å². The van der Waals surface area contributed by atoms with E-state index in [0.29, 0.717) is 17.5 Å². The number of hydrogen-bond acceptors (Lipinski definition) is 3. The first-order valence-corrected chi connectivity index (χ1v) is 21.6. The third-order valence-corrected chi connectivity index (χ3v) is 12.5. The number of rotatable bonds is 8. The van der Waals surface area contributed by atoms with Crippen molar-refractivity contribution in [3.8, 4) is 101 Å². The van der Waals surface area contributed by atoms with E-state index in [9.17, 15) is 0 Å². The smallest absolute Gasteiger partial charge is 0.164 e. The predicted molar refractivity (Wildman–Crippen MR) is 261 cm³/mol. The van der Waals surface area contributed by atoms with Gasteiger partial charge in [0.1, 0.15) is 0 Å². The summed E-state index contributed by atoms with van der Waals surface area (Å²) >= 11 is 0. The summed E-state index contributed by atoms with van der Waals surface area (Å²) in [6.45, 7) is 4.68. The second kappa shape index (κ2) is 15.8. The van der Waals surface area contributed by atoms with Gasteiger partial charge in [-0.3, -0.25) is 0 Å². The summed E-state index contributed by atoms with van der Waals surface area (Å²) in [4.78, 5) is 15.5. The van der Waals surface area contributed by atoms with Gasteiger partial charge in [-0.05, 0) is 108 Å². The van der Waals surface area contributed by atoms with Crippen molar-refractivity contribution in [2.75, 3.05) is 0 Å². The molecule has 63 heavy (non-hydrogen) atoms. The molecule has 0 saturated carbocycles. The summed E-state index contributed by atoms with van der Waals surface area (Å²) in [5, 5.41) is 0. The number of benzene rings is 9. The van der Waals surface area contributed by atoms with Crippen LogP contribution in [0, 0.1) is 0 Å². The maximum absolute atomic E-state index is 5.23. The van der Waals surface area contributed by atoms with Gasteiger partial charge in [0.05, 0.1) is 0 Å². The molecule has 0 unspecified atom stereocenters. The quantitative estimate of drug-likeness (QED) is 0.154. The van der Waals surface area contributed by atoms with Gasteiger partial charge >= 0.3 is 0 Å². The SMILES string of the molecule is CC1(C)c2ccccc2-c2ccc(-c3cc(-c4nc(-c5ccccc5)nc(-c5ccccc5)n4)cc(-c4cc(-c5ccc(-c6ccccc6)cc5)ccc4-c4ccccc4)c3)cc21. The summed E-state index contributed by atoms with van der Waals surface area (Å²) < 4.78 is 0. The summed E-state index contributed by atoms with van der Waals surface area (Å²) in [6.07, 6.45) is 0. The lowest BCUT2D eigenvalue weighted by atomic mass is 9.81. The van der Waals surface area contributed by atoms with E-state index in [-0.39, 0.29) is 5.41 Å². The van der Waals surface area contributed by atoms with E-state index in [2.05, 4.69) is 202 Å². The van der Waals surface area contributed by atoms with Crippen molar-refractivity contribution >= 4 is 0 Å². The maximum Gasteiger partial charge on any atom is 0.164 e. The van der Waals surface area contributed by atoms with Crippen LogP contribution in [0.15, 0.2) is 224 Å². The van der Waals surface area contributed by atoms with Gasteiger partial charge < -0.3 is 0 Å². The zero-order valence-electron chi connectivity index (χ0n) is 35.2. The summed E-state index contributed by atoms with van der Waals surface area (Å²) in [5.74, 6) is 1.89. The molecule has 0 N–H and O–H groups in total. The second-order valence-electron chi connectivity index (χ2n) is 16.8. The standard InChI is InChI=1S/C60H43N3/c1-60(2)55-26-16-15-25-52(55)53-34-32-47(39-56(53)60)48-35-49(37-50(36-48)59-62-57(44-21-11-5-12-22-44)61-58(63-59)45-23-13-6-14-24-45)54-38-46(31-33-51(54)43-19-9-4-10-20-43)42-29-27-41(28-30-42)40-17-7-3-8-18-40/h3-39H,1-2H3. The van der Waals surface area contributed by atoms with Crippen molar-refractivity contribution < 1.29 is 0 Å². The molecule has 10 aromatic rings. The molecule has 0 saturated heterocycles. The molecule has 0 aliphatic heterocycles. The first kappa shape index (κ1) is 38.0. The molecule has 3 heteroatoms. The Kier molecular flexibility index (Phi) is 9.51. The fraction of sp³-hybridized carbons (Fsp3) is 0.0500. The van der Waals surface area contributed by atoms with E-state index in [0.717, 1.165) is 61.2 Å². The zero-order chi connectivity index (χ0) is 42.3. The molecule has 1 aromatic heterocycles. The van der Waals surface area contributed by atoms with E-state index in [1.54, 1.807) is 0 Å². The van der Waals surface area contributed by atoms with Crippen molar-refractivity contribution in [1.82, 2.24) is 15.0 Å². The number of hydrogen-bond donors (Lipinski definition) is 0. The minimum atomic E-state index is -0.142. The van der Waals surface area contributed by atoms with Crippen LogP contribution in [0.1, 0.15) is 25.0 Å². The Bertz CT molecular complexity index is 3210. The van der Waals surface area contributed by atoms with E-state index in [4.69, 9.17) is 15.0 Å². The Morgan fingerprint density at radius 1 is 0.238 bits per heavy atom. The summed E-state index contributed by atoms with van der Waals surface area (Å²) in [6, 6.07) is 80.1. The zero-order valence-corrected chi connectivity index (χ0v) is 35.2. The first-order chi connectivity index (χ1) is 31.0. The van der Waals surface area contributed by atoms with Crippen LogP contribution in [0.2, 0.25) is 0 Å². The topological polar surface area (TPSA) is 38.7 Å². The van der Waals surface area contributed by atoms with E-state index in [1.165, 1.54) is 33.4 Å². The van der Waals surface area contributed by atoms with Gasteiger partial charge in [0.15, 0.2) is 17.5 Å². The van der Waals surface area contributed by atoms with Gasteiger partial charge in [-0.2, -0.15) is 0 Å². The molecule has 1 aliphatic carbocycles. The van der Waals surface area contributed by atoms with Crippen LogP contribution in [0.25, 0.3) is 101 Å². The minimum absolute atomic E-state index is 0.142. The van der Waals surface area contributed by atoms with Gasteiger partial charge in [-0.25, -0.2) is 15.0 Å². The second-order valence-corrected chi connectivity index (χ2v) is 16.8. The molecule has 0 atom stereocenters. The van der Waals surface area contributed by atoms with Crippen LogP contribution >= 0.6 is 0 Å². The molecule has 3 nitrogen and oxygen atoms in total. The predicted octanol–water partition coefficient (Wildman–Crippen LogP) is 15.5. The van der Waals surface area contributed by atoms with Gasteiger partial charge in [0.2, 0.25) is 0 Å². The first-order valence-electron chi connectivity index (χ1n) is 21.6. The molecule has 0 fully saturated rings. The van der Waals surface area contributed by atoms with Crippen molar-refractivity contribution in [1.29, 1.82) is 0 Å². The van der Waals surface area contributed by atoms with Crippen LogP contribution in [-0.2, 0) is 5.41 Å². The Balaban J connectivity index is 1.14. The molecular formula is C60H43N3. The normalized spacial score (nSPS) is 12.4. The lowest BCUT2D eigenvalue weighted by Crippen LogP contribution is -2.14. The molecule has 9 aromatic carbocycles. The number of nitrogens with zero attached hydrogens (tertiary/aromatic N) is 3. The molecule has 0 spiro atoms. The highest BCUT2D eigenvalue weighted by Crippen LogP contribution is 2.50. The monoisotopic (exact) mass is 805 g/mol. The van der Waals surface area contributed by atoms with Gasteiger partial charge in [-0.1, -0.05) is 208 Å². The Morgan fingerprint density at radius 2 is 0.635 bits per heavy atom. The highest BCUT2D eigenvalue weighted by Gasteiger charge is 2.35. The highest BCUT2D eigenvalue weighted by atomic mass is 15.0. The van der Waals surface area contributed by atoms with Gasteiger partial charge in [0.25, 0.3) is 0 Å². The lowest BCUT2D eigenvalue weighted by Gasteiger charge is -2.22. The van der Waals surface area contributed by atoms with Crippen molar-refractivity contribution in [3.63, 3.8) is 0 Å². The Hall–Kier alpha value is -8.01. The molecule has 11 rings (SSSR count). The van der Waals surface area contributed by atoms with Crippen LogP contribution in [0.4, 0.5) is 0 Å². The van der Waals surface area contributed by atoms with E-state index >= 15 is 0 Å². The molecule has 1 aliphatic rings. The van der Waals surface area contributed by atoms with Gasteiger partial charge in [0, 0.05) is 22.1 Å². The van der Waals surface area contributed by atoms with Crippen LogP contribution < -0.4 is 0 Å². The largest absolute Gasteiger partial charge is 0.208 e. The number of aromatic nitrogens is 3. The minimum Gasteiger partial charge on any atom is -0.208 e. The van der Waals surface area contributed by atoms with E-state index < -0.39 is 0 Å². The molecule has 0 amide bonds. The van der Waals surface area contributed by atoms with E-state index in [1.807, 2.05) is 36.4 Å². The molecular weight excluding hydrogens is 763 g/mol. The third-order valence-electron chi connectivity index (χ3n) is 12.5. The molecule has 0 bridgehead atoms. The van der Waals surface area contributed by atoms with Crippen LogP contribution in [0.3, 0.4) is 0 Å². The highest BCUT2D eigenvalue weighted by molar-refractivity contribution is 5.92. The Labute approximate surface area is 369 Å². The Morgan fingerprint density at radius 3 is 1.24 bits per heavy atom. The van der Waals surface area contributed by atoms with Crippen LogP contribution in [0.5, 0.6) is 0 Å². The van der Waals surface area contributed by atoms with Crippen molar-refractivity contribution in [2.24, 2.45) is 0 Å².